The van der Waals surface area contributed by atoms with Crippen LogP contribution in [0.2, 0.25) is 10.0 Å². The number of aromatic nitrogens is 2. The van der Waals surface area contributed by atoms with Gasteiger partial charge >= 0.3 is 0 Å². The van der Waals surface area contributed by atoms with Crippen molar-refractivity contribution >= 4 is 29.1 Å². The zero-order chi connectivity index (χ0) is 22.1. The number of hydrogen-bond donors (Lipinski definition) is 0. The molecule has 0 spiro atoms. The molecule has 3 atom stereocenters. The molecular formula is C22H27Cl2N5O3. The molecular weight excluding hydrogens is 453 g/mol. The van der Waals surface area contributed by atoms with E-state index in [2.05, 4.69) is 24.8 Å². The average Bonchev–Trinajstić information content (AvgIpc) is 3.50. The quantitative estimate of drug-likeness (QED) is 0.651. The van der Waals surface area contributed by atoms with Crippen molar-refractivity contribution < 1.29 is 14.1 Å². The highest BCUT2D eigenvalue weighted by Gasteiger charge is 2.48. The van der Waals surface area contributed by atoms with Gasteiger partial charge in [-0.25, -0.2) is 0 Å². The molecule has 1 amide bonds. The van der Waals surface area contributed by atoms with E-state index in [1.807, 2.05) is 6.07 Å². The molecule has 3 saturated heterocycles. The van der Waals surface area contributed by atoms with Crippen LogP contribution in [-0.4, -0.2) is 88.3 Å². The molecule has 0 saturated carbocycles. The summed E-state index contributed by atoms with van der Waals surface area (Å²) in [6.07, 6.45) is 4.04. The lowest BCUT2D eigenvalue weighted by Gasteiger charge is -2.54. The van der Waals surface area contributed by atoms with E-state index in [9.17, 15) is 4.79 Å². The topological polar surface area (TPSA) is 74.9 Å². The first-order chi connectivity index (χ1) is 15.6. The summed E-state index contributed by atoms with van der Waals surface area (Å²) in [6, 6.07) is 5.73. The molecule has 3 aliphatic rings. The maximum Gasteiger partial charge on any atom is 0.227 e. The lowest BCUT2D eigenvalue weighted by Crippen LogP contribution is -2.71. The van der Waals surface area contributed by atoms with Crippen LogP contribution in [0.3, 0.4) is 0 Å². The van der Waals surface area contributed by atoms with Crippen LogP contribution in [0.5, 0.6) is 0 Å². The third-order valence-corrected chi connectivity index (χ3v) is 7.58. The van der Waals surface area contributed by atoms with E-state index in [1.54, 1.807) is 12.1 Å². The zero-order valence-electron chi connectivity index (χ0n) is 17.8. The Morgan fingerprint density at radius 2 is 1.88 bits per heavy atom. The summed E-state index contributed by atoms with van der Waals surface area (Å²) in [5, 5.41) is 4.96. The molecule has 10 heteroatoms. The smallest absolute Gasteiger partial charge is 0.227 e. The van der Waals surface area contributed by atoms with E-state index >= 15 is 0 Å². The third kappa shape index (κ3) is 4.52. The Kier molecular flexibility index (Phi) is 6.66. The summed E-state index contributed by atoms with van der Waals surface area (Å²) in [4.78, 5) is 24.6. The van der Waals surface area contributed by atoms with Gasteiger partial charge in [-0.1, -0.05) is 34.4 Å². The van der Waals surface area contributed by atoms with E-state index in [1.165, 1.54) is 19.2 Å². The number of rotatable bonds is 5. The fourth-order valence-corrected chi connectivity index (χ4v) is 5.62. The first kappa shape index (κ1) is 22.1. The number of amides is 1. The van der Waals surface area contributed by atoms with Crippen LogP contribution in [0.1, 0.15) is 24.2 Å². The molecule has 5 rings (SSSR count). The zero-order valence-corrected chi connectivity index (χ0v) is 19.3. The number of ether oxygens (including phenoxy) is 1. The van der Waals surface area contributed by atoms with E-state index in [-0.39, 0.29) is 24.0 Å². The van der Waals surface area contributed by atoms with Gasteiger partial charge < -0.3 is 14.2 Å². The number of halogens is 2. The summed E-state index contributed by atoms with van der Waals surface area (Å²) in [5.41, 5.74) is 0.875. The number of benzene rings is 1. The van der Waals surface area contributed by atoms with Crippen LogP contribution in [0, 0.1) is 0 Å². The van der Waals surface area contributed by atoms with Gasteiger partial charge in [-0.15, -0.1) is 0 Å². The maximum atomic E-state index is 13.5. The first-order valence-corrected chi connectivity index (χ1v) is 11.9. The van der Waals surface area contributed by atoms with Crippen molar-refractivity contribution in [3.05, 3.63) is 46.0 Å². The number of carbonyl (C=O) groups is 1. The van der Waals surface area contributed by atoms with Crippen molar-refractivity contribution in [1.82, 2.24) is 24.8 Å². The van der Waals surface area contributed by atoms with Crippen molar-refractivity contribution in [2.45, 2.75) is 43.9 Å². The fraction of sp³-hybridized carbons (Fsp3) is 0.591. The molecule has 1 aromatic carbocycles. The molecule has 4 heterocycles. The summed E-state index contributed by atoms with van der Waals surface area (Å²) in [5.74, 6) is 0.770. The minimum Gasteiger partial charge on any atom is -0.378 e. The molecule has 0 aliphatic carbocycles. The average molecular weight is 480 g/mol. The number of likely N-dealkylation sites (tertiary alicyclic amines) is 1. The van der Waals surface area contributed by atoms with Gasteiger partial charge in [-0.3, -0.25) is 14.6 Å². The van der Waals surface area contributed by atoms with E-state index in [0.29, 0.717) is 48.6 Å². The van der Waals surface area contributed by atoms with Crippen LogP contribution in [0.25, 0.3) is 0 Å². The van der Waals surface area contributed by atoms with Crippen LogP contribution >= 0.6 is 23.2 Å². The van der Waals surface area contributed by atoms with E-state index in [4.69, 9.17) is 32.5 Å². The third-order valence-electron chi connectivity index (χ3n) is 6.84. The molecule has 1 unspecified atom stereocenters. The second-order valence-electron chi connectivity index (χ2n) is 8.74. The second-order valence-corrected chi connectivity index (χ2v) is 9.55. The Hall–Kier alpha value is -1.71. The lowest BCUT2D eigenvalue weighted by atomic mass is 9.91. The number of nitrogens with zero attached hydrogens (tertiary/aromatic N) is 5. The molecule has 172 valence electrons. The van der Waals surface area contributed by atoms with Crippen molar-refractivity contribution in [3.63, 3.8) is 0 Å². The lowest BCUT2D eigenvalue weighted by molar-refractivity contribution is -0.153. The van der Waals surface area contributed by atoms with Crippen LogP contribution in [0.15, 0.2) is 29.1 Å². The molecule has 0 N–H and O–H groups in total. The highest BCUT2D eigenvalue weighted by atomic mass is 35.5. The first-order valence-electron chi connectivity index (χ1n) is 11.1. The van der Waals surface area contributed by atoms with Gasteiger partial charge in [0.15, 0.2) is 5.82 Å². The Labute approximate surface area is 197 Å². The molecule has 2 aromatic rings. The van der Waals surface area contributed by atoms with Crippen molar-refractivity contribution in [2.75, 3.05) is 39.4 Å². The van der Waals surface area contributed by atoms with Gasteiger partial charge in [0.05, 0.1) is 54.4 Å². The SMILES string of the molecule is O=C(Cc1ccc(Cl)c(Cl)c1)N1CCN(Cc2ncon2)C2COC[C@H](N3CCCC3)[C@H]21. The molecule has 3 aliphatic heterocycles. The Morgan fingerprint density at radius 3 is 2.62 bits per heavy atom. The number of piperazine rings is 1. The van der Waals surface area contributed by atoms with Gasteiger partial charge in [-0.05, 0) is 43.6 Å². The van der Waals surface area contributed by atoms with Gasteiger partial charge in [0.25, 0.3) is 0 Å². The summed E-state index contributed by atoms with van der Waals surface area (Å²) in [7, 11) is 0. The van der Waals surface area contributed by atoms with Crippen LogP contribution in [0.4, 0.5) is 0 Å². The molecule has 32 heavy (non-hydrogen) atoms. The summed E-state index contributed by atoms with van der Waals surface area (Å²) in [6.45, 7) is 5.32. The molecule has 8 nitrogen and oxygen atoms in total. The largest absolute Gasteiger partial charge is 0.378 e. The Bertz CT molecular complexity index is 938. The Morgan fingerprint density at radius 1 is 1.06 bits per heavy atom. The molecule has 1 aromatic heterocycles. The number of fused-ring (bicyclic) bond motifs is 1. The monoisotopic (exact) mass is 479 g/mol. The molecule has 3 fully saturated rings. The summed E-state index contributed by atoms with van der Waals surface area (Å²) >= 11 is 12.2. The second kappa shape index (κ2) is 9.65. The normalized spacial score (nSPS) is 26.9. The molecule has 0 radical (unpaired) electrons. The minimum atomic E-state index is 0.0535. The number of carbonyl (C=O) groups excluding carboxylic acids is 1. The predicted octanol–water partition coefficient (Wildman–Crippen LogP) is 2.50. The highest BCUT2D eigenvalue weighted by molar-refractivity contribution is 6.42. The van der Waals surface area contributed by atoms with Crippen molar-refractivity contribution in [1.29, 1.82) is 0 Å². The fourth-order valence-electron chi connectivity index (χ4n) is 5.30. The van der Waals surface area contributed by atoms with E-state index in [0.717, 1.165) is 25.2 Å². The standard InChI is InChI=1S/C22H27Cl2N5O3/c23-16-4-3-15(9-17(16)24)10-21(30)29-8-7-28(11-20-25-14-32-26-20)19-13-31-12-18(22(19)29)27-5-1-2-6-27/h3-4,9,14,18-19,22H,1-2,5-8,10-13H2/t18-,19?,22+/m0/s1. The van der Waals surface area contributed by atoms with Gasteiger partial charge in [0.1, 0.15) is 0 Å². The van der Waals surface area contributed by atoms with Crippen LogP contribution in [-0.2, 0) is 22.5 Å². The minimum absolute atomic E-state index is 0.0535. The van der Waals surface area contributed by atoms with Gasteiger partial charge in [0, 0.05) is 13.1 Å². The highest BCUT2D eigenvalue weighted by Crippen LogP contribution is 2.31. The van der Waals surface area contributed by atoms with E-state index < -0.39 is 0 Å². The maximum absolute atomic E-state index is 13.5. The van der Waals surface area contributed by atoms with Crippen LogP contribution < -0.4 is 0 Å². The number of hydrogen-bond acceptors (Lipinski definition) is 7. The predicted molar refractivity (Wildman–Crippen MR) is 120 cm³/mol. The van der Waals surface area contributed by atoms with Crippen molar-refractivity contribution in [2.24, 2.45) is 0 Å². The van der Waals surface area contributed by atoms with Gasteiger partial charge in [-0.2, -0.15) is 4.98 Å². The Balaban J connectivity index is 1.39. The van der Waals surface area contributed by atoms with Crippen molar-refractivity contribution in [3.8, 4) is 0 Å². The molecule has 0 bridgehead atoms. The van der Waals surface area contributed by atoms with Gasteiger partial charge in [0.2, 0.25) is 12.3 Å². The summed E-state index contributed by atoms with van der Waals surface area (Å²) < 4.78 is 11.0.